The van der Waals surface area contributed by atoms with Crippen molar-refractivity contribution in [1.82, 2.24) is 9.80 Å². The maximum Gasteiger partial charge on any atom is 0.247 e. The van der Waals surface area contributed by atoms with Crippen LogP contribution in [0, 0.1) is 12.8 Å². The van der Waals surface area contributed by atoms with Gasteiger partial charge in [-0.3, -0.25) is 14.5 Å². The molecule has 2 N–H and O–H groups in total. The fourth-order valence-corrected chi connectivity index (χ4v) is 5.36. The molecule has 0 aromatic heterocycles. The van der Waals surface area contributed by atoms with Crippen molar-refractivity contribution in [1.29, 1.82) is 0 Å². The van der Waals surface area contributed by atoms with Crippen LogP contribution in [0.25, 0.3) is 6.08 Å². The third-order valence-electron chi connectivity index (χ3n) is 7.52. The van der Waals surface area contributed by atoms with E-state index >= 15 is 0 Å². The maximum absolute atomic E-state index is 13.3. The second kappa shape index (κ2) is 14.7. The average molecular weight is 576 g/mol. The van der Waals surface area contributed by atoms with Gasteiger partial charge in [0, 0.05) is 19.2 Å². The Morgan fingerprint density at radius 1 is 1.10 bits per heavy atom. The Bertz CT molecular complexity index is 1330. The van der Waals surface area contributed by atoms with Gasteiger partial charge in [-0.05, 0) is 86.2 Å². The molecule has 0 bridgehead atoms. The highest BCUT2D eigenvalue weighted by atomic mass is 35.5. The third kappa shape index (κ3) is 8.84. The third-order valence-corrected chi connectivity index (χ3v) is 7.83. The lowest BCUT2D eigenvalue weighted by atomic mass is 9.93. The number of hydrogen-bond donors (Lipinski definition) is 2. The fraction of sp³-hybridized carbons (Fsp3) is 0.333. The maximum atomic E-state index is 13.3. The minimum atomic E-state index is -0.299. The Morgan fingerprint density at radius 2 is 1.85 bits per heavy atom. The Kier molecular flexibility index (Phi) is 10.8. The Morgan fingerprint density at radius 3 is 2.56 bits per heavy atom. The van der Waals surface area contributed by atoms with Crippen LogP contribution in [0.5, 0.6) is 11.5 Å². The van der Waals surface area contributed by atoms with Crippen LogP contribution in [0.15, 0.2) is 72.8 Å². The van der Waals surface area contributed by atoms with Crippen molar-refractivity contribution in [3.63, 3.8) is 0 Å². The molecule has 1 fully saturated rings. The average Bonchev–Trinajstić information content (AvgIpc) is 2.98. The van der Waals surface area contributed by atoms with Gasteiger partial charge in [0.05, 0.1) is 17.8 Å². The van der Waals surface area contributed by atoms with E-state index in [9.17, 15) is 14.7 Å². The minimum Gasteiger partial charge on any atom is -0.504 e. The highest BCUT2D eigenvalue weighted by Gasteiger charge is 2.22. The molecule has 8 heteroatoms. The lowest BCUT2D eigenvalue weighted by molar-refractivity contribution is -0.130. The van der Waals surface area contributed by atoms with Gasteiger partial charge in [0.2, 0.25) is 11.8 Å². The minimum absolute atomic E-state index is 0.0268. The van der Waals surface area contributed by atoms with Crippen LogP contribution < -0.4 is 10.1 Å². The van der Waals surface area contributed by atoms with Gasteiger partial charge in [0.25, 0.3) is 0 Å². The van der Waals surface area contributed by atoms with Gasteiger partial charge in [-0.25, -0.2) is 0 Å². The normalized spacial score (nSPS) is 14.2. The number of benzene rings is 3. The van der Waals surface area contributed by atoms with E-state index in [0.29, 0.717) is 34.5 Å². The van der Waals surface area contributed by atoms with Crippen LogP contribution in [0.2, 0.25) is 5.02 Å². The molecule has 0 saturated carbocycles. The molecule has 216 valence electrons. The molecule has 4 rings (SSSR count). The number of nitrogens with one attached hydrogen (secondary N) is 1. The first-order chi connectivity index (χ1) is 19.8. The van der Waals surface area contributed by atoms with E-state index in [-0.39, 0.29) is 24.1 Å². The summed E-state index contributed by atoms with van der Waals surface area (Å²) in [5, 5.41) is 13.2. The number of likely N-dealkylation sites (tertiary alicyclic amines) is 1. The lowest BCUT2D eigenvalue weighted by Crippen LogP contribution is -2.39. The zero-order valence-corrected chi connectivity index (χ0v) is 24.4. The van der Waals surface area contributed by atoms with Crippen LogP contribution in [-0.2, 0) is 16.1 Å². The number of carbonyl (C=O) groups is 2. The van der Waals surface area contributed by atoms with Gasteiger partial charge in [-0.1, -0.05) is 60.1 Å². The summed E-state index contributed by atoms with van der Waals surface area (Å²) in [5.41, 5.74) is 3.44. The van der Waals surface area contributed by atoms with Crippen molar-refractivity contribution < 1.29 is 19.4 Å². The number of amides is 2. The monoisotopic (exact) mass is 575 g/mol. The van der Waals surface area contributed by atoms with E-state index in [1.54, 1.807) is 29.2 Å². The van der Waals surface area contributed by atoms with Gasteiger partial charge in [0.15, 0.2) is 11.5 Å². The molecule has 0 unspecified atom stereocenters. The highest BCUT2D eigenvalue weighted by molar-refractivity contribution is 6.34. The molecule has 1 saturated heterocycles. The van der Waals surface area contributed by atoms with E-state index in [2.05, 4.69) is 34.5 Å². The number of aromatic hydroxyl groups is 1. The highest BCUT2D eigenvalue weighted by Crippen LogP contribution is 2.28. The zero-order valence-electron chi connectivity index (χ0n) is 23.7. The van der Waals surface area contributed by atoms with Crippen LogP contribution in [0.3, 0.4) is 0 Å². The summed E-state index contributed by atoms with van der Waals surface area (Å²) < 4.78 is 5.17. The topological polar surface area (TPSA) is 82.1 Å². The number of rotatable bonds is 11. The van der Waals surface area contributed by atoms with Crippen molar-refractivity contribution in [3.8, 4) is 11.5 Å². The van der Waals surface area contributed by atoms with Gasteiger partial charge >= 0.3 is 0 Å². The Hall–Kier alpha value is -3.81. The lowest BCUT2D eigenvalue weighted by Gasteiger charge is -2.33. The SMILES string of the molecule is COc1cc(/C=C/C(=O)N(CCC2CCN(Cc3ccccc3)CC2)CC(=O)Nc2c(C)cccc2Cl)ccc1O. The van der Waals surface area contributed by atoms with E-state index in [4.69, 9.17) is 16.3 Å². The molecule has 41 heavy (non-hydrogen) atoms. The molecule has 0 spiro atoms. The molecule has 0 atom stereocenters. The molecule has 1 heterocycles. The number of ether oxygens (including phenoxy) is 1. The fourth-order valence-electron chi connectivity index (χ4n) is 5.09. The number of piperidine rings is 1. The molecular formula is C33H38ClN3O4. The predicted octanol–water partition coefficient (Wildman–Crippen LogP) is 6.15. The van der Waals surface area contributed by atoms with Crippen molar-refractivity contribution >= 4 is 35.2 Å². The second-order valence-electron chi connectivity index (χ2n) is 10.5. The quantitative estimate of drug-likeness (QED) is 0.268. The first-order valence-electron chi connectivity index (χ1n) is 14.0. The predicted molar refractivity (Wildman–Crippen MR) is 164 cm³/mol. The summed E-state index contributed by atoms with van der Waals surface area (Å²) in [5.74, 6) is 0.275. The molecular weight excluding hydrogens is 538 g/mol. The van der Waals surface area contributed by atoms with Crippen LogP contribution in [0.1, 0.15) is 36.0 Å². The van der Waals surface area contributed by atoms with Gasteiger partial charge in [-0.15, -0.1) is 0 Å². The molecule has 3 aromatic carbocycles. The molecule has 2 amide bonds. The number of nitrogens with zero attached hydrogens (tertiary/aromatic N) is 2. The summed E-state index contributed by atoms with van der Waals surface area (Å²) in [7, 11) is 1.47. The van der Waals surface area contributed by atoms with Crippen LogP contribution in [0.4, 0.5) is 5.69 Å². The van der Waals surface area contributed by atoms with Crippen molar-refractivity contribution in [3.05, 3.63) is 94.5 Å². The summed E-state index contributed by atoms with van der Waals surface area (Å²) in [6.45, 7) is 5.25. The number of phenols is 1. The van der Waals surface area contributed by atoms with Crippen molar-refractivity contribution in [2.45, 2.75) is 32.7 Å². The van der Waals surface area contributed by atoms with E-state index in [1.165, 1.54) is 24.8 Å². The van der Waals surface area contributed by atoms with Gasteiger partial charge in [0.1, 0.15) is 6.54 Å². The van der Waals surface area contributed by atoms with E-state index in [1.807, 2.05) is 25.1 Å². The standard InChI is InChI=1S/C33H38ClN3O4/c1-24-7-6-10-28(34)33(24)35-31(39)23-37(32(40)14-12-26-11-13-29(38)30(21-26)41-2)20-17-25-15-18-36(19-16-25)22-27-8-4-3-5-9-27/h3-14,21,25,38H,15-20,22-23H2,1-2H3,(H,35,39)/b14-12+. The molecule has 0 radical (unpaired) electrons. The van der Waals surface area contributed by atoms with Crippen molar-refractivity contribution in [2.75, 3.05) is 38.6 Å². The summed E-state index contributed by atoms with van der Waals surface area (Å²) in [6.07, 6.45) is 6.06. The van der Waals surface area contributed by atoms with Gasteiger partial charge in [-0.2, -0.15) is 0 Å². The number of hydrogen-bond acceptors (Lipinski definition) is 5. The molecule has 3 aromatic rings. The number of aryl methyl sites for hydroxylation is 1. The smallest absolute Gasteiger partial charge is 0.247 e. The van der Waals surface area contributed by atoms with Crippen molar-refractivity contribution in [2.24, 2.45) is 5.92 Å². The first kappa shape index (κ1) is 30.2. The molecule has 7 nitrogen and oxygen atoms in total. The number of methoxy groups -OCH3 is 1. The first-order valence-corrected chi connectivity index (χ1v) is 14.4. The molecule has 0 aliphatic carbocycles. The molecule has 1 aliphatic rings. The summed E-state index contributed by atoms with van der Waals surface area (Å²) in [4.78, 5) is 30.5. The van der Waals surface area contributed by atoms with Gasteiger partial charge < -0.3 is 20.1 Å². The summed E-state index contributed by atoms with van der Waals surface area (Å²) in [6, 6.07) is 20.8. The Labute approximate surface area is 247 Å². The van der Waals surface area contributed by atoms with E-state index in [0.717, 1.165) is 44.5 Å². The number of halogens is 1. The summed E-state index contributed by atoms with van der Waals surface area (Å²) >= 11 is 6.31. The number of carbonyl (C=O) groups excluding carboxylic acids is 2. The number of phenolic OH excluding ortho intramolecular Hbond substituents is 1. The number of anilines is 1. The van der Waals surface area contributed by atoms with E-state index < -0.39 is 0 Å². The zero-order chi connectivity index (χ0) is 29.2. The largest absolute Gasteiger partial charge is 0.504 e. The second-order valence-corrected chi connectivity index (χ2v) is 10.9. The number of para-hydroxylation sites is 1. The van der Waals surface area contributed by atoms with Crippen LogP contribution in [-0.4, -0.2) is 60.0 Å². The molecule has 1 aliphatic heterocycles. The Balaban J connectivity index is 1.39. The van der Waals surface area contributed by atoms with Crippen LogP contribution >= 0.6 is 11.6 Å².